The number of anilines is 2. The number of hydrogen-bond acceptors (Lipinski definition) is 12. The highest BCUT2D eigenvalue weighted by molar-refractivity contribution is 5.88. The Morgan fingerprint density at radius 2 is 1.69 bits per heavy atom. The van der Waals surface area contributed by atoms with Crippen molar-refractivity contribution in [1.29, 1.82) is 0 Å². The summed E-state index contributed by atoms with van der Waals surface area (Å²) < 4.78 is 12.0. The van der Waals surface area contributed by atoms with Crippen LogP contribution in [0, 0.1) is 11.8 Å². The first-order valence-corrected chi connectivity index (χ1v) is 16.3. The third-order valence-corrected chi connectivity index (χ3v) is 8.38. The van der Waals surface area contributed by atoms with Gasteiger partial charge in [-0.15, -0.1) is 0 Å². The average molecular weight is 659 g/mol. The van der Waals surface area contributed by atoms with Gasteiger partial charge >= 0.3 is 6.09 Å². The number of nitrogens with zero attached hydrogens (tertiary/aromatic N) is 10. The molecule has 1 saturated heterocycles. The number of methoxy groups -OCH3 is 1. The maximum atomic E-state index is 12.5. The van der Waals surface area contributed by atoms with Gasteiger partial charge in [-0.05, 0) is 74.2 Å². The number of piperazine rings is 1. The molecule has 7 rings (SSSR count). The van der Waals surface area contributed by atoms with Gasteiger partial charge in [0.15, 0.2) is 5.82 Å². The Kier molecular flexibility index (Phi) is 8.90. The van der Waals surface area contributed by atoms with Crippen LogP contribution in [0.2, 0.25) is 0 Å². The van der Waals surface area contributed by atoms with Gasteiger partial charge in [-0.3, -0.25) is 4.90 Å². The first-order valence-electron chi connectivity index (χ1n) is 16.3. The van der Waals surface area contributed by atoms with Gasteiger partial charge in [-0.25, -0.2) is 29.7 Å². The molecule has 0 unspecified atom stereocenters. The minimum atomic E-state index is -0.617. The third kappa shape index (κ3) is 7.35. The smallest absolute Gasteiger partial charge is 0.435 e. The zero-order valence-electron chi connectivity index (χ0n) is 28.1. The first kappa shape index (κ1) is 32.1. The van der Waals surface area contributed by atoms with E-state index in [0.717, 1.165) is 56.1 Å². The van der Waals surface area contributed by atoms with Crippen molar-refractivity contribution in [2.24, 2.45) is 0 Å². The Morgan fingerprint density at radius 3 is 2.51 bits per heavy atom. The fraction of sp³-hybridized carbons (Fsp3) is 0.361. The molecule has 0 amide bonds. The quantitative estimate of drug-likeness (QED) is 0.243. The highest BCUT2D eigenvalue weighted by Gasteiger charge is 2.25. The van der Waals surface area contributed by atoms with Crippen LogP contribution >= 0.6 is 0 Å². The minimum absolute atomic E-state index is 0.467. The van der Waals surface area contributed by atoms with Gasteiger partial charge in [0.1, 0.15) is 22.8 Å². The molecule has 250 valence electrons. The fourth-order valence-electron chi connectivity index (χ4n) is 5.88. The van der Waals surface area contributed by atoms with E-state index in [1.54, 1.807) is 37.8 Å². The van der Waals surface area contributed by atoms with Gasteiger partial charge in [0.05, 0.1) is 18.3 Å². The van der Waals surface area contributed by atoms with Crippen molar-refractivity contribution >= 4 is 28.8 Å². The molecule has 13 heteroatoms. The van der Waals surface area contributed by atoms with E-state index in [-0.39, 0.29) is 0 Å². The molecule has 0 N–H and O–H groups in total. The lowest BCUT2D eigenvalue weighted by Crippen LogP contribution is -2.47. The number of hydrogen-bond donors (Lipinski definition) is 0. The van der Waals surface area contributed by atoms with Crippen molar-refractivity contribution in [1.82, 2.24) is 39.6 Å². The van der Waals surface area contributed by atoms with E-state index < -0.39 is 11.7 Å². The number of benzene rings is 1. The molecular formula is C36H38N10O3. The monoisotopic (exact) mass is 658 g/mol. The predicted molar refractivity (Wildman–Crippen MR) is 185 cm³/mol. The second kappa shape index (κ2) is 13.6. The SMILES string of the molecule is COCCN1CCN(c2cc3c(cn2)CN(c2nccc(-c4nccc(C#Cc5ccc6c(cnn6C(=O)OC(C)(C)C)c5)n4)n2)C3)CC1. The standard InChI is InChI=1S/C36H38N10O3/c1-36(2,3)49-35(47)46-31-8-6-25(19-26(31)22-40-46)5-7-29-9-11-37-33(41-29)30-10-12-38-34(42-30)45-23-27-20-32(39-21-28(27)24-45)44-15-13-43(14-16-44)17-18-48-4/h6,8-12,19-22H,13-18,23-24H2,1-4H3. The molecule has 0 radical (unpaired) electrons. The molecule has 6 heterocycles. The normalized spacial score (nSPS) is 14.9. The Morgan fingerprint density at radius 1 is 0.878 bits per heavy atom. The van der Waals surface area contributed by atoms with Crippen molar-refractivity contribution in [3.8, 4) is 23.4 Å². The number of carbonyl (C=O) groups is 1. The summed E-state index contributed by atoms with van der Waals surface area (Å²) >= 11 is 0. The summed E-state index contributed by atoms with van der Waals surface area (Å²) in [5.74, 6) is 8.39. The minimum Gasteiger partial charge on any atom is -0.442 e. The van der Waals surface area contributed by atoms with Crippen molar-refractivity contribution in [2.45, 2.75) is 39.5 Å². The number of rotatable bonds is 6. The summed E-state index contributed by atoms with van der Waals surface area (Å²) in [4.78, 5) is 42.8. The summed E-state index contributed by atoms with van der Waals surface area (Å²) in [5, 5.41) is 4.99. The Balaban J connectivity index is 1.02. The highest BCUT2D eigenvalue weighted by atomic mass is 16.6. The van der Waals surface area contributed by atoms with E-state index in [1.807, 2.05) is 45.2 Å². The number of pyridine rings is 1. The molecule has 5 aromatic rings. The van der Waals surface area contributed by atoms with Gasteiger partial charge in [-0.2, -0.15) is 9.78 Å². The van der Waals surface area contributed by atoms with Crippen molar-refractivity contribution in [3.63, 3.8) is 0 Å². The molecule has 13 nitrogen and oxygen atoms in total. The molecule has 4 aromatic heterocycles. The predicted octanol–water partition coefficient (Wildman–Crippen LogP) is 4.15. The Hall–Kier alpha value is -5.45. The van der Waals surface area contributed by atoms with Gasteiger partial charge in [0, 0.05) is 82.5 Å². The number of ether oxygens (including phenoxy) is 2. The van der Waals surface area contributed by atoms with E-state index in [4.69, 9.17) is 19.4 Å². The van der Waals surface area contributed by atoms with E-state index in [2.05, 4.69) is 52.7 Å². The van der Waals surface area contributed by atoms with E-state index >= 15 is 0 Å². The average Bonchev–Trinajstić information content (AvgIpc) is 3.74. The maximum absolute atomic E-state index is 12.5. The van der Waals surface area contributed by atoms with Crippen LogP contribution in [-0.4, -0.2) is 97.7 Å². The van der Waals surface area contributed by atoms with Gasteiger partial charge in [0.2, 0.25) is 5.95 Å². The molecule has 0 aliphatic carbocycles. The molecule has 0 bridgehead atoms. The summed E-state index contributed by atoms with van der Waals surface area (Å²) in [7, 11) is 1.75. The lowest BCUT2D eigenvalue weighted by Gasteiger charge is -2.35. The van der Waals surface area contributed by atoms with Crippen molar-refractivity contribution < 1.29 is 14.3 Å². The van der Waals surface area contributed by atoms with Gasteiger partial charge in [0.25, 0.3) is 0 Å². The molecule has 2 aliphatic heterocycles. The van der Waals surface area contributed by atoms with Gasteiger partial charge < -0.3 is 19.3 Å². The Bertz CT molecular complexity index is 2050. The van der Waals surface area contributed by atoms with E-state index in [0.29, 0.717) is 41.8 Å². The first-order chi connectivity index (χ1) is 23.7. The highest BCUT2D eigenvalue weighted by Crippen LogP contribution is 2.29. The zero-order valence-corrected chi connectivity index (χ0v) is 28.1. The second-order valence-corrected chi connectivity index (χ2v) is 13.1. The van der Waals surface area contributed by atoms with E-state index in [1.165, 1.54) is 15.8 Å². The molecule has 0 saturated carbocycles. The van der Waals surface area contributed by atoms with Crippen LogP contribution in [0.4, 0.5) is 16.6 Å². The van der Waals surface area contributed by atoms with Crippen LogP contribution in [0.5, 0.6) is 0 Å². The van der Waals surface area contributed by atoms with Crippen LogP contribution in [0.15, 0.2) is 61.2 Å². The van der Waals surface area contributed by atoms with Crippen molar-refractivity contribution in [2.75, 3.05) is 56.2 Å². The number of aromatic nitrogens is 7. The lowest BCUT2D eigenvalue weighted by molar-refractivity contribution is 0.0522. The molecule has 0 spiro atoms. The van der Waals surface area contributed by atoms with Crippen LogP contribution in [0.1, 0.15) is 43.2 Å². The number of carbonyl (C=O) groups excluding carboxylic acids is 1. The fourth-order valence-corrected chi connectivity index (χ4v) is 5.88. The summed E-state index contributed by atoms with van der Waals surface area (Å²) in [5.41, 5.74) is 4.39. The number of fused-ring (bicyclic) bond motifs is 2. The van der Waals surface area contributed by atoms with Crippen LogP contribution < -0.4 is 9.80 Å². The van der Waals surface area contributed by atoms with Crippen LogP contribution in [0.25, 0.3) is 22.4 Å². The zero-order chi connectivity index (χ0) is 34.0. The Labute approximate surface area is 284 Å². The molecule has 1 aromatic carbocycles. The maximum Gasteiger partial charge on any atom is 0.435 e. The molecule has 1 fully saturated rings. The topological polar surface area (TPSA) is 128 Å². The van der Waals surface area contributed by atoms with E-state index in [9.17, 15) is 4.79 Å². The third-order valence-electron chi connectivity index (χ3n) is 8.38. The van der Waals surface area contributed by atoms with Crippen molar-refractivity contribution in [3.05, 3.63) is 83.6 Å². The molecule has 2 aliphatic rings. The summed E-state index contributed by atoms with van der Waals surface area (Å²) in [6.45, 7) is 12.5. The molecule has 49 heavy (non-hydrogen) atoms. The lowest BCUT2D eigenvalue weighted by atomic mass is 10.1. The van der Waals surface area contributed by atoms with Gasteiger partial charge in [-0.1, -0.05) is 5.92 Å². The largest absolute Gasteiger partial charge is 0.442 e. The second-order valence-electron chi connectivity index (χ2n) is 13.1. The molecular weight excluding hydrogens is 620 g/mol. The summed E-state index contributed by atoms with van der Waals surface area (Å²) in [6.07, 6.45) is 6.51. The summed E-state index contributed by atoms with van der Waals surface area (Å²) in [6, 6.07) is 11.3. The van der Waals surface area contributed by atoms with Crippen LogP contribution in [0.3, 0.4) is 0 Å². The molecule has 0 atom stereocenters. The van der Waals surface area contributed by atoms with Crippen LogP contribution in [-0.2, 0) is 22.6 Å².